The van der Waals surface area contributed by atoms with Gasteiger partial charge in [0.1, 0.15) is 10.7 Å². The Labute approximate surface area is 122 Å². The molecule has 0 heterocycles. The fraction of sp³-hybridized carbons (Fsp3) is 1.00. The van der Waals surface area contributed by atoms with E-state index in [0.717, 1.165) is 0 Å². The zero-order valence-corrected chi connectivity index (χ0v) is 16.5. The fourth-order valence-electron chi connectivity index (χ4n) is 2.42. The van der Waals surface area contributed by atoms with Gasteiger partial charge in [0.15, 0.2) is 0 Å². The molecule has 1 N–H and O–H groups in total. The van der Waals surface area contributed by atoms with Gasteiger partial charge in [0, 0.05) is 28.4 Å². The smallest absolute Gasteiger partial charge is 0.125 e. The summed E-state index contributed by atoms with van der Waals surface area (Å²) >= 11 is 0. The van der Waals surface area contributed by atoms with E-state index in [1.165, 1.54) is 0 Å². The topological polar surface area (TPSA) is 49.0 Å². The van der Waals surface area contributed by atoms with Crippen molar-refractivity contribution in [1.29, 1.82) is 0 Å². The summed E-state index contributed by atoms with van der Waals surface area (Å²) in [6, 6.07) is 0. The largest absolute Gasteiger partial charge is 0.378 e. The predicted molar refractivity (Wildman–Crippen MR) is 84.4 cm³/mol. The number of hydrogen-bond acceptors (Lipinski definition) is 5. The van der Waals surface area contributed by atoms with Crippen LogP contribution in [0.25, 0.3) is 0 Å². The predicted octanol–water partition coefficient (Wildman–Crippen LogP) is -0.320. The molecule has 7 heteroatoms. The Morgan fingerprint density at radius 2 is 1.11 bits per heavy atom. The molecule has 0 aliphatic rings. The Morgan fingerprint density at radius 3 is 1.26 bits per heavy atom. The molecule has 0 fully saturated rings. The average molecular weight is 310 g/mol. The lowest BCUT2D eigenvalue weighted by molar-refractivity contribution is -0.151. The molecule has 0 saturated heterocycles. The van der Waals surface area contributed by atoms with Crippen molar-refractivity contribution in [3.8, 4) is 0 Å². The van der Waals surface area contributed by atoms with E-state index in [9.17, 15) is 0 Å². The SMILES string of the molecule is COC(C)C(NC(OC)([SiH2]C)C(C)OC)(OC)[SiH2]C. The summed E-state index contributed by atoms with van der Waals surface area (Å²) < 4.78 is 22.6. The highest BCUT2D eigenvalue weighted by Crippen LogP contribution is 2.22. The van der Waals surface area contributed by atoms with Gasteiger partial charge in [-0.1, -0.05) is 13.1 Å². The molecule has 0 aromatic carbocycles. The second-order valence-electron chi connectivity index (χ2n) is 4.78. The molecule has 0 bridgehead atoms. The minimum absolute atomic E-state index is 0.0340. The van der Waals surface area contributed by atoms with E-state index in [4.69, 9.17) is 18.9 Å². The first-order chi connectivity index (χ1) is 8.91. The minimum Gasteiger partial charge on any atom is -0.378 e. The van der Waals surface area contributed by atoms with Crippen LogP contribution in [-0.4, -0.2) is 70.4 Å². The molecule has 0 aliphatic carbocycles. The molecule has 0 rings (SSSR count). The molecular formula is C12H31NO4Si2. The summed E-state index contributed by atoms with van der Waals surface area (Å²) in [6.45, 7) is 8.48. The van der Waals surface area contributed by atoms with Crippen molar-refractivity contribution in [2.45, 2.75) is 49.8 Å². The first-order valence-corrected chi connectivity index (χ1v) is 11.1. The summed E-state index contributed by atoms with van der Waals surface area (Å²) in [4.78, 5) is 0. The monoisotopic (exact) mass is 309 g/mol. The number of nitrogens with one attached hydrogen (secondary N) is 1. The standard InChI is InChI=1S/C12H31NO4Si2/c1-9(14-3)11(16-5,18-7)13-12(17-6,19-8)10(2)15-4/h9-10,13H,18-19H2,1-8H3. The van der Waals surface area contributed by atoms with Crippen LogP contribution in [0.3, 0.4) is 0 Å². The van der Waals surface area contributed by atoms with Gasteiger partial charge in [-0.25, -0.2) is 0 Å². The van der Waals surface area contributed by atoms with Gasteiger partial charge in [-0.15, -0.1) is 0 Å². The van der Waals surface area contributed by atoms with Crippen molar-refractivity contribution in [2.75, 3.05) is 28.4 Å². The van der Waals surface area contributed by atoms with Crippen LogP contribution in [0.4, 0.5) is 0 Å². The summed E-state index contributed by atoms with van der Waals surface area (Å²) in [5.41, 5.74) is 0. The van der Waals surface area contributed by atoms with Gasteiger partial charge < -0.3 is 18.9 Å². The van der Waals surface area contributed by atoms with Crippen LogP contribution in [0.2, 0.25) is 13.1 Å². The summed E-state index contributed by atoms with van der Waals surface area (Å²) in [6.07, 6.45) is -0.0680. The van der Waals surface area contributed by atoms with E-state index in [1.807, 2.05) is 13.8 Å². The van der Waals surface area contributed by atoms with Gasteiger partial charge in [-0.3, -0.25) is 5.32 Å². The van der Waals surface area contributed by atoms with E-state index in [2.05, 4.69) is 18.4 Å². The molecule has 116 valence electrons. The third kappa shape index (κ3) is 4.10. The molecule has 5 nitrogen and oxygen atoms in total. The minimum atomic E-state index is -0.547. The average Bonchev–Trinajstić information content (AvgIpc) is 2.48. The van der Waals surface area contributed by atoms with E-state index in [1.54, 1.807) is 28.4 Å². The lowest BCUT2D eigenvalue weighted by Gasteiger charge is -2.47. The van der Waals surface area contributed by atoms with Crippen LogP contribution in [-0.2, 0) is 18.9 Å². The van der Waals surface area contributed by atoms with Crippen molar-refractivity contribution >= 4 is 19.0 Å². The van der Waals surface area contributed by atoms with Gasteiger partial charge in [0.25, 0.3) is 0 Å². The Morgan fingerprint density at radius 1 is 0.789 bits per heavy atom. The molecule has 0 spiro atoms. The Hall–Kier alpha value is 0.234. The maximum atomic E-state index is 5.81. The number of hydrogen-bond donors (Lipinski definition) is 1. The quantitative estimate of drug-likeness (QED) is 0.443. The van der Waals surface area contributed by atoms with Crippen molar-refractivity contribution in [2.24, 2.45) is 0 Å². The van der Waals surface area contributed by atoms with Crippen molar-refractivity contribution in [3.63, 3.8) is 0 Å². The van der Waals surface area contributed by atoms with E-state index >= 15 is 0 Å². The lowest BCUT2D eigenvalue weighted by Crippen LogP contribution is -2.72. The van der Waals surface area contributed by atoms with Crippen LogP contribution in [0.5, 0.6) is 0 Å². The van der Waals surface area contributed by atoms with Gasteiger partial charge >= 0.3 is 0 Å². The van der Waals surface area contributed by atoms with Crippen LogP contribution >= 0.6 is 0 Å². The second-order valence-corrected chi connectivity index (χ2v) is 8.29. The first kappa shape index (κ1) is 19.2. The Bertz CT molecular complexity index is 224. The fourth-order valence-corrected chi connectivity index (χ4v) is 5.68. The number of rotatable bonds is 10. The summed E-state index contributed by atoms with van der Waals surface area (Å²) in [7, 11) is 5.79. The zero-order valence-electron chi connectivity index (χ0n) is 13.7. The normalized spacial score (nSPS) is 22.7. The molecule has 0 radical (unpaired) electrons. The van der Waals surface area contributed by atoms with Crippen LogP contribution in [0.1, 0.15) is 13.8 Å². The molecule has 0 aromatic rings. The number of methoxy groups -OCH3 is 4. The zero-order chi connectivity index (χ0) is 15.1. The number of ether oxygens (including phenoxy) is 4. The third-order valence-electron chi connectivity index (χ3n) is 4.22. The van der Waals surface area contributed by atoms with Crippen LogP contribution in [0.15, 0.2) is 0 Å². The molecule has 19 heavy (non-hydrogen) atoms. The first-order valence-electron chi connectivity index (χ1n) is 6.87. The third-order valence-corrected chi connectivity index (χ3v) is 8.40. The van der Waals surface area contributed by atoms with Crippen LogP contribution < -0.4 is 5.32 Å². The van der Waals surface area contributed by atoms with Gasteiger partial charge in [-0.2, -0.15) is 0 Å². The molecular weight excluding hydrogens is 278 g/mol. The lowest BCUT2D eigenvalue weighted by atomic mass is 10.2. The molecule has 0 aliphatic heterocycles. The maximum absolute atomic E-state index is 5.81. The van der Waals surface area contributed by atoms with E-state index < -0.39 is 29.7 Å². The Kier molecular flexibility index (Phi) is 8.61. The van der Waals surface area contributed by atoms with Crippen molar-refractivity contribution < 1.29 is 18.9 Å². The van der Waals surface area contributed by atoms with Gasteiger partial charge in [0.05, 0.1) is 31.2 Å². The second kappa shape index (κ2) is 8.50. The highest BCUT2D eigenvalue weighted by molar-refractivity contribution is 6.40. The highest BCUT2D eigenvalue weighted by atomic mass is 28.2. The van der Waals surface area contributed by atoms with E-state index in [0.29, 0.717) is 0 Å². The molecule has 4 atom stereocenters. The molecule has 0 amide bonds. The van der Waals surface area contributed by atoms with Crippen molar-refractivity contribution in [1.82, 2.24) is 5.32 Å². The molecule has 4 unspecified atom stereocenters. The Balaban J connectivity index is 5.37. The van der Waals surface area contributed by atoms with Crippen molar-refractivity contribution in [3.05, 3.63) is 0 Å². The van der Waals surface area contributed by atoms with Crippen LogP contribution in [0, 0.1) is 0 Å². The van der Waals surface area contributed by atoms with Gasteiger partial charge in [-0.05, 0) is 13.8 Å². The summed E-state index contributed by atoms with van der Waals surface area (Å²) in [5.74, 6) is 0. The molecule has 0 aromatic heterocycles. The highest BCUT2D eigenvalue weighted by Gasteiger charge is 2.45. The molecule has 0 saturated carbocycles. The maximum Gasteiger partial charge on any atom is 0.125 e. The summed E-state index contributed by atoms with van der Waals surface area (Å²) in [5, 5.41) is 2.72. The van der Waals surface area contributed by atoms with E-state index in [-0.39, 0.29) is 12.2 Å². The van der Waals surface area contributed by atoms with Gasteiger partial charge in [0.2, 0.25) is 0 Å².